The monoisotopic (exact) mass is 335 g/mol. The van der Waals surface area contributed by atoms with Gasteiger partial charge in [0.2, 0.25) is 0 Å². The van der Waals surface area contributed by atoms with Gasteiger partial charge in [0.25, 0.3) is 0 Å². The van der Waals surface area contributed by atoms with E-state index in [1.54, 1.807) is 0 Å². The van der Waals surface area contributed by atoms with Gasteiger partial charge >= 0.3 is 7.12 Å². The van der Waals surface area contributed by atoms with E-state index in [-0.39, 0.29) is 18.3 Å². The van der Waals surface area contributed by atoms with Gasteiger partial charge in [0.15, 0.2) is 0 Å². The van der Waals surface area contributed by atoms with Gasteiger partial charge in [0, 0.05) is 29.4 Å². The summed E-state index contributed by atoms with van der Waals surface area (Å²) in [4.78, 5) is 5.07. The maximum Gasteiger partial charge on any atom is 0.487 e. The molecule has 0 aromatic carbocycles. The van der Waals surface area contributed by atoms with Crippen LogP contribution in [-0.2, 0) is 20.6 Å². The average molecular weight is 335 g/mol. The second-order valence-corrected chi connectivity index (χ2v) is 8.38. The standard InChI is InChI=1S/C17H26BNO3S/c1-16(2)17(3,4)22-18(21-16)8-7-14-5-6-15(23-14)13-19-9-11-20-12-10-19/h5-8H,9-13H2,1-4H3/b8-7+. The zero-order valence-corrected chi connectivity index (χ0v) is 15.3. The fourth-order valence-corrected chi connectivity index (χ4v) is 3.66. The van der Waals surface area contributed by atoms with Gasteiger partial charge in [-0.3, -0.25) is 4.90 Å². The van der Waals surface area contributed by atoms with Crippen molar-refractivity contribution in [1.82, 2.24) is 4.90 Å². The van der Waals surface area contributed by atoms with Crippen molar-refractivity contribution in [2.24, 2.45) is 0 Å². The average Bonchev–Trinajstić information content (AvgIpc) is 3.00. The molecular weight excluding hydrogens is 309 g/mol. The highest BCUT2D eigenvalue weighted by atomic mass is 32.1. The number of hydrogen-bond donors (Lipinski definition) is 0. The van der Waals surface area contributed by atoms with E-state index >= 15 is 0 Å². The molecule has 2 saturated heterocycles. The molecule has 2 aliphatic rings. The molecule has 0 aliphatic carbocycles. The van der Waals surface area contributed by atoms with E-state index in [1.165, 1.54) is 9.75 Å². The maximum absolute atomic E-state index is 5.99. The molecule has 0 N–H and O–H groups in total. The molecule has 1 aromatic heterocycles. The lowest BCUT2D eigenvalue weighted by atomic mass is 9.90. The van der Waals surface area contributed by atoms with E-state index in [4.69, 9.17) is 14.0 Å². The molecule has 126 valence electrons. The van der Waals surface area contributed by atoms with Crippen LogP contribution in [0.15, 0.2) is 18.1 Å². The Balaban J connectivity index is 1.56. The number of thiophene rings is 1. The van der Waals surface area contributed by atoms with Crippen molar-refractivity contribution in [3.05, 3.63) is 27.9 Å². The van der Waals surface area contributed by atoms with Gasteiger partial charge in [-0.2, -0.15) is 0 Å². The number of morpholine rings is 1. The molecular formula is C17H26BNO3S. The van der Waals surface area contributed by atoms with Crippen LogP contribution in [0.5, 0.6) is 0 Å². The summed E-state index contributed by atoms with van der Waals surface area (Å²) in [5.74, 6) is 2.01. The summed E-state index contributed by atoms with van der Waals surface area (Å²) in [5, 5.41) is 0. The van der Waals surface area contributed by atoms with Crippen LogP contribution < -0.4 is 0 Å². The third kappa shape index (κ3) is 4.06. The Morgan fingerprint density at radius 2 is 1.78 bits per heavy atom. The molecule has 0 atom stereocenters. The van der Waals surface area contributed by atoms with Gasteiger partial charge in [0.1, 0.15) is 0 Å². The van der Waals surface area contributed by atoms with Crippen molar-refractivity contribution in [3.8, 4) is 0 Å². The first-order valence-corrected chi connectivity index (χ1v) is 9.10. The molecule has 4 nitrogen and oxygen atoms in total. The summed E-state index contributed by atoms with van der Waals surface area (Å²) in [7, 11) is -0.273. The molecule has 2 fully saturated rings. The summed E-state index contributed by atoms with van der Waals surface area (Å²) >= 11 is 1.83. The Kier molecular flexibility index (Phi) is 5.00. The van der Waals surface area contributed by atoms with Crippen LogP contribution in [0.3, 0.4) is 0 Å². The highest BCUT2D eigenvalue weighted by Gasteiger charge is 2.49. The predicted molar refractivity (Wildman–Crippen MR) is 95.5 cm³/mol. The zero-order chi connectivity index (χ0) is 16.5. The van der Waals surface area contributed by atoms with Crippen molar-refractivity contribution >= 4 is 24.5 Å². The van der Waals surface area contributed by atoms with Crippen LogP contribution in [0.1, 0.15) is 37.4 Å². The number of hydrogen-bond acceptors (Lipinski definition) is 5. The fraction of sp³-hybridized carbons (Fsp3) is 0.647. The summed E-state index contributed by atoms with van der Waals surface area (Å²) in [6.45, 7) is 13.1. The minimum atomic E-state index is -0.279. The molecule has 0 radical (unpaired) electrons. The van der Waals surface area contributed by atoms with Crippen molar-refractivity contribution in [2.75, 3.05) is 26.3 Å². The minimum Gasteiger partial charge on any atom is -0.400 e. The molecule has 0 saturated carbocycles. The van der Waals surface area contributed by atoms with Crippen LogP contribution in [0.4, 0.5) is 0 Å². The molecule has 0 unspecified atom stereocenters. The van der Waals surface area contributed by atoms with E-state index in [0.29, 0.717) is 0 Å². The van der Waals surface area contributed by atoms with Gasteiger partial charge in [-0.1, -0.05) is 12.1 Å². The van der Waals surface area contributed by atoms with Gasteiger partial charge in [-0.15, -0.1) is 11.3 Å². The summed E-state index contributed by atoms with van der Waals surface area (Å²) in [6, 6.07) is 4.38. The fourth-order valence-electron chi connectivity index (χ4n) is 2.69. The highest BCUT2D eigenvalue weighted by Crippen LogP contribution is 2.37. The van der Waals surface area contributed by atoms with E-state index in [0.717, 1.165) is 32.8 Å². The molecule has 2 aliphatic heterocycles. The van der Waals surface area contributed by atoms with Gasteiger partial charge in [0.05, 0.1) is 24.4 Å². The topological polar surface area (TPSA) is 30.9 Å². The van der Waals surface area contributed by atoms with Crippen LogP contribution in [0.2, 0.25) is 0 Å². The first-order chi connectivity index (χ1) is 10.9. The highest BCUT2D eigenvalue weighted by molar-refractivity contribution is 7.12. The molecule has 23 heavy (non-hydrogen) atoms. The number of nitrogens with zero attached hydrogens (tertiary/aromatic N) is 1. The van der Waals surface area contributed by atoms with Crippen molar-refractivity contribution < 1.29 is 14.0 Å². The van der Waals surface area contributed by atoms with Gasteiger partial charge in [-0.25, -0.2) is 0 Å². The lowest BCUT2D eigenvalue weighted by molar-refractivity contribution is 0.00578. The quantitative estimate of drug-likeness (QED) is 0.791. The Hall–Kier alpha value is -0.655. The third-order valence-electron chi connectivity index (χ3n) is 4.85. The molecule has 3 rings (SSSR count). The summed E-state index contributed by atoms with van der Waals surface area (Å²) in [6.07, 6.45) is 2.11. The predicted octanol–water partition coefficient (Wildman–Crippen LogP) is 3.22. The molecule has 6 heteroatoms. The molecule has 0 amide bonds. The molecule has 3 heterocycles. The van der Waals surface area contributed by atoms with Crippen molar-refractivity contribution in [2.45, 2.75) is 45.4 Å². The Bertz CT molecular complexity index is 548. The summed E-state index contributed by atoms with van der Waals surface area (Å²) < 4.78 is 17.4. The van der Waals surface area contributed by atoms with Crippen molar-refractivity contribution in [1.29, 1.82) is 0 Å². The number of rotatable bonds is 4. The largest absolute Gasteiger partial charge is 0.487 e. The lowest BCUT2D eigenvalue weighted by Gasteiger charge is -2.32. The maximum atomic E-state index is 5.99. The molecule has 0 bridgehead atoms. The third-order valence-corrected chi connectivity index (χ3v) is 5.89. The normalized spacial score (nSPS) is 24.6. The SMILES string of the molecule is CC1(C)OB(/C=C/c2ccc(CN3CCOCC3)s2)OC1(C)C. The van der Waals surface area contributed by atoms with Crippen molar-refractivity contribution in [3.63, 3.8) is 0 Å². The van der Waals surface area contributed by atoms with E-state index in [1.807, 2.05) is 17.3 Å². The molecule has 0 spiro atoms. The van der Waals surface area contributed by atoms with Crippen LogP contribution in [0.25, 0.3) is 6.08 Å². The first kappa shape index (κ1) is 17.2. The smallest absolute Gasteiger partial charge is 0.400 e. The Labute approximate surface area is 143 Å². The second-order valence-electron chi connectivity index (χ2n) is 7.18. The van der Waals surface area contributed by atoms with Crippen LogP contribution in [-0.4, -0.2) is 49.5 Å². The number of ether oxygens (including phenoxy) is 1. The summed E-state index contributed by atoms with van der Waals surface area (Å²) in [5.41, 5.74) is -0.558. The van der Waals surface area contributed by atoms with E-state index in [9.17, 15) is 0 Å². The zero-order valence-electron chi connectivity index (χ0n) is 14.5. The van der Waals surface area contributed by atoms with Crippen LogP contribution >= 0.6 is 11.3 Å². The second kappa shape index (κ2) is 6.69. The van der Waals surface area contributed by atoms with E-state index in [2.05, 4.69) is 50.8 Å². The first-order valence-electron chi connectivity index (χ1n) is 8.28. The van der Waals surface area contributed by atoms with Crippen LogP contribution in [0, 0.1) is 0 Å². The lowest BCUT2D eigenvalue weighted by Crippen LogP contribution is -2.41. The Morgan fingerprint density at radius 3 is 2.43 bits per heavy atom. The van der Waals surface area contributed by atoms with Gasteiger partial charge in [-0.05, 0) is 39.8 Å². The molecule has 1 aromatic rings. The Morgan fingerprint density at radius 1 is 1.13 bits per heavy atom. The minimum absolute atomic E-state index is 0.273. The van der Waals surface area contributed by atoms with E-state index < -0.39 is 0 Å². The van der Waals surface area contributed by atoms with Gasteiger partial charge < -0.3 is 14.0 Å².